The number of thiazole rings is 1. The third kappa shape index (κ3) is 4.89. The molecule has 0 saturated carbocycles. The summed E-state index contributed by atoms with van der Waals surface area (Å²) in [5, 5.41) is 12.4. The van der Waals surface area contributed by atoms with Gasteiger partial charge in [-0.15, -0.1) is 0 Å². The van der Waals surface area contributed by atoms with Gasteiger partial charge in [-0.1, -0.05) is 72.1 Å². The second-order valence-electron chi connectivity index (χ2n) is 9.04. The zero-order chi connectivity index (χ0) is 27.0. The minimum absolute atomic E-state index is 0.0606. The molecule has 1 aliphatic heterocycles. The van der Waals surface area contributed by atoms with Gasteiger partial charge < -0.3 is 9.84 Å². The first kappa shape index (κ1) is 26.2. The lowest BCUT2D eigenvalue weighted by Gasteiger charge is -2.23. The van der Waals surface area contributed by atoms with Crippen molar-refractivity contribution in [2.24, 2.45) is 0 Å². The molecule has 1 aliphatic rings. The number of Topliss-reactive ketones (excluding diaryl/α,β-unsaturated/α-hetero) is 1. The lowest BCUT2D eigenvalue weighted by molar-refractivity contribution is -0.132. The molecule has 3 aromatic carbocycles. The Morgan fingerprint density at radius 1 is 1.08 bits per heavy atom. The molecule has 0 radical (unpaired) electrons. The summed E-state index contributed by atoms with van der Waals surface area (Å²) in [5.74, 6) is -1.34. The molecule has 1 aromatic heterocycles. The number of aliphatic hydroxyl groups excluding tert-OH is 1. The smallest absolute Gasteiger partial charge is 0.301 e. The molecular weight excluding hydrogens is 543 g/mol. The highest BCUT2D eigenvalue weighted by Crippen LogP contribution is 2.45. The van der Waals surface area contributed by atoms with E-state index in [4.69, 9.17) is 27.9 Å². The number of anilines is 1. The van der Waals surface area contributed by atoms with E-state index in [1.54, 1.807) is 42.5 Å². The number of nitrogens with zero attached hydrogens (tertiary/aromatic N) is 2. The summed E-state index contributed by atoms with van der Waals surface area (Å²) in [5.41, 5.74) is 2.58. The first-order valence-corrected chi connectivity index (χ1v) is 13.7. The Morgan fingerprint density at radius 2 is 1.89 bits per heavy atom. The Morgan fingerprint density at radius 3 is 2.66 bits per heavy atom. The van der Waals surface area contributed by atoms with E-state index in [1.165, 1.54) is 16.2 Å². The van der Waals surface area contributed by atoms with Crippen molar-refractivity contribution >= 4 is 67.3 Å². The summed E-state index contributed by atoms with van der Waals surface area (Å²) in [6, 6.07) is 16.6. The van der Waals surface area contributed by atoms with Crippen LogP contribution in [0, 0.1) is 6.92 Å². The maximum atomic E-state index is 13.5. The summed E-state index contributed by atoms with van der Waals surface area (Å²) in [6.07, 6.45) is 1.87. The quantitative estimate of drug-likeness (QED) is 0.107. The number of carbonyl (C=O) groups excluding carboxylic acids is 2. The van der Waals surface area contributed by atoms with Gasteiger partial charge in [-0.05, 0) is 60.9 Å². The fraction of sp³-hybridized carbons (Fsp3) is 0.207. The van der Waals surface area contributed by atoms with Crippen molar-refractivity contribution in [1.82, 2.24) is 4.98 Å². The number of hydrogen-bond acceptors (Lipinski definition) is 6. The first-order valence-electron chi connectivity index (χ1n) is 12.1. The zero-order valence-electron chi connectivity index (χ0n) is 20.7. The molecule has 1 fully saturated rings. The van der Waals surface area contributed by atoms with E-state index in [2.05, 4.69) is 11.9 Å². The van der Waals surface area contributed by atoms with Crippen molar-refractivity contribution in [2.75, 3.05) is 11.5 Å². The lowest BCUT2D eigenvalue weighted by Crippen LogP contribution is -2.29. The van der Waals surface area contributed by atoms with Crippen LogP contribution in [0.1, 0.15) is 42.5 Å². The van der Waals surface area contributed by atoms with Gasteiger partial charge >= 0.3 is 5.91 Å². The van der Waals surface area contributed by atoms with Crippen molar-refractivity contribution in [1.29, 1.82) is 0 Å². The van der Waals surface area contributed by atoms with Crippen molar-refractivity contribution < 1.29 is 19.4 Å². The number of amides is 1. The van der Waals surface area contributed by atoms with Gasteiger partial charge in [0.2, 0.25) is 0 Å². The van der Waals surface area contributed by atoms with Crippen LogP contribution in [0.5, 0.6) is 5.75 Å². The molecule has 1 unspecified atom stereocenters. The van der Waals surface area contributed by atoms with E-state index in [9.17, 15) is 14.7 Å². The molecule has 4 aromatic rings. The molecule has 9 heteroatoms. The van der Waals surface area contributed by atoms with Crippen molar-refractivity contribution in [3.63, 3.8) is 0 Å². The van der Waals surface area contributed by atoms with Gasteiger partial charge in [0, 0.05) is 5.56 Å². The molecular formula is C29H24Cl2N2O4S. The van der Waals surface area contributed by atoms with Crippen LogP contribution < -0.4 is 9.64 Å². The predicted molar refractivity (Wildman–Crippen MR) is 152 cm³/mol. The van der Waals surface area contributed by atoms with Crippen LogP contribution in [0.25, 0.3) is 16.0 Å². The largest absolute Gasteiger partial charge is 0.507 e. The third-order valence-corrected chi connectivity index (χ3v) is 8.07. The SMILES string of the molecule is CCCCOc1cccc(/C(O)=C2\C(=O)C(=O)N(c3nc4ccc(C)cc4s3)C2c2ccc(Cl)c(Cl)c2)c1. The van der Waals surface area contributed by atoms with Crippen molar-refractivity contribution in [3.8, 4) is 5.75 Å². The van der Waals surface area contributed by atoms with Gasteiger partial charge in [0.25, 0.3) is 5.78 Å². The molecule has 1 saturated heterocycles. The van der Waals surface area contributed by atoms with E-state index < -0.39 is 17.7 Å². The number of aliphatic hydroxyl groups is 1. The molecule has 0 spiro atoms. The molecule has 5 rings (SSSR count). The van der Waals surface area contributed by atoms with E-state index in [1.807, 2.05) is 25.1 Å². The fourth-order valence-corrected chi connectivity index (χ4v) is 5.77. The van der Waals surface area contributed by atoms with Crippen LogP contribution in [0.2, 0.25) is 10.0 Å². The van der Waals surface area contributed by atoms with Gasteiger partial charge in [-0.3, -0.25) is 14.5 Å². The Kier molecular flexibility index (Phi) is 7.43. The van der Waals surface area contributed by atoms with Gasteiger partial charge in [-0.2, -0.15) is 0 Å². The maximum absolute atomic E-state index is 13.5. The Balaban J connectivity index is 1.67. The number of aromatic nitrogens is 1. The van der Waals surface area contributed by atoms with Crippen LogP contribution in [0.4, 0.5) is 5.13 Å². The van der Waals surface area contributed by atoms with Gasteiger partial charge in [0.05, 0.1) is 38.5 Å². The summed E-state index contributed by atoms with van der Waals surface area (Å²) in [7, 11) is 0. The minimum atomic E-state index is -0.962. The fourth-order valence-electron chi connectivity index (χ4n) is 4.37. The molecule has 0 bridgehead atoms. The number of fused-ring (bicyclic) bond motifs is 1. The molecule has 194 valence electrons. The van der Waals surface area contributed by atoms with Gasteiger partial charge in [-0.25, -0.2) is 4.98 Å². The number of aryl methyl sites for hydroxylation is 1. The minimum Gasteiger partial charge on any atom is -0.507 e. The number of benzene rings is 3. The number of ether oxygens (including phenoxy) is 1. The van der Waals surface area contributed by atoms with Crippen molar-refractivity contribution in [3.05, 3.63) is 93.0 Å². The van der Waals surface area contributed by atoms with Crippen LogP contribution in [0.15, 0.2) is 66.2 Å². The average molecular weight is 567 g/mol. The lowest BCUT2D eigenvalue weighted by atomic mass is 9.95. The first-order chi connectivity index (χ1) is 18.3. The molecule has 2 heterocycles. The second kappa shape index (κ2) is 10.8. The van der Waals surface area contributed by atoms with E-state index in [0.717, 1.165) is 23.1 Å². The topological polar surface area (TPSA) is 79.7 Å². The van der Waals surface area contributed by atoms with E-state index in [-0.39, 0.29) is 16.4 Å². The highest BCUT2D eigenvalue weighted by Gasteiger charge is 2.48. The molecule has 1 atom stereocenters. The molecule has 1 amide bonds. The Bertz CT molecular complexity index is 1600. The summed E-state index contributed by atoms with van der Waals surface area (Å²) < 4.78 is 6.67. The van der Waals surface area contributed by atoms with Crippen LogP contribution in [0.3, 0.4) is 0 Å². The number of ketones is 1. The standard InChI is InChI=1S/C29H24Cl2N2O4S/c1-3-4-12-37-19-7-5-6-18(14-19)26(34)24-25(17-9-10-20(30)21(31)15-17)33(28(36)27(24)35)29-32-22-11-8-16(2)13-23(22)38-29/h5-11,13-15,25,34H,3-4,12H2,1-2H3/b26-24+. The average Bonchev–Trinajstić information content (AvgIpc) is 3.43. The summed E-state index contributed by atoms with van der Waals surface area (Å²) in [4.78, 5) is 32.9. The van der Waals surface area contributed by atoms with E-state index in [0.29, 0.717) is 39.2 Å². The number of halogens is 2. The number of hydrogen-bond donors (Lipinski definition) is 1. The zero-order valence-corrected chi connectivity index (χ0v) is 23.0. The third-order valence-electron chi connectivity index (χ3n) is 6.32. The second-order valence-corrected chi connectivity index (χ2v) is 10.9. The number of rotatable bonds is 7. The normalized spacial score (nSPS) is 16.9. The van der Waals surface area contributed by atoms with Crippen LogP contribution >= 0.6 is 34.5 Å². The Hall–Kier alpha value is -3.39. The van der Waals surface area contributed by atoms with E-state index >= 15 is 0 Å². The van der Waals surface area contributed by atoms with Gasteiger partial charge in [0.15, 0.2) is 5.13 Å². The van der Waals surface area contributed by atoms with Crippen LogP contribution in [-0.4, -0.2) is 28.4 Å². The monoisotopic (exact) mass is 566 g/mol. The number of unbranched alkanes of at least 4 members (excludes halogenated alkanes) is 1. The summed E-state index contributed by atoms with van der Waals surface area (Å²) in [6.45, 7) is 4.58. The molecule has 0 aliphatic carbocycles. The summed E-state index contributed by atoms with van der Waals surface area (Å²) >= 11 is 13.8. The molecule has 6 nitrogen and oxygen atoms in total. The highest BCUT2D eigenvalue weighted by molar-refractivity contribution is 7.22. The van der Waals surface area contributed by atoms with Crippen molar-refractivity contribution in [2.45, 2.75) is 32.7 Å². The predicted octanol–water partition coefficient (Wildman–Crippen LogP) is 7.72. The highest BCUT2D eigenvalue weighted by atomic mass is 35.5. The molecule has 1 N–H and O–H groups in total. The van der Waals surface area contributed by atoms with Crippen LogP contribution in [-0.2, 0) is 9.59 Å². The number of carbonyl (C=O) groups is 2. The maximum Gasteiger partial charge on any atom is 0.301 e. The van der Waals surface area contributed by atoms with Gasteiger partial charge in [0.1, 0.15) is 11.5 Å². The molecule has 38 heavy (non-hydrogen) atoms. The Labute approximate surface area is 234 Å².